The van der Waals surface area contributed by atoms with E-state index >= 15 is 0 Å². The molecule has 0 aliphatic carbocycles. The fourth-order valence-corrected chi connectivity index (χ4v) is 2.00. The van der Waals surface area contributed by atoms with Crippen molar-refractivity contribution in [1.82, 2.24) is 19.7 Å². The average molecular weight is 231 g/mol. The van der Waals surface area contributed by atoms with Crippen molar-refractivity contribution in [3.8, 4) is 6.07 Å². The van der Waals surface area contributed by atoms with Gasteiger partial charge in [0.25, 0.3) is 0 Å². The molecule has 0 aliphatic rings. The Bertz CT molecular complexity index is 554. The normalized spacial score (nSPS) is 10.2. The van der Waals surface area contributed by atoms with Crippen LogP contribution >= 0.6 is 11.8 Å². The van der Waals surface area contributed by atoms with Crippen molar-refractivity contribution in [2.45, 2.75) is 11.6 Å². The molecule has 0 atom stereocenters. The molecule has 16 heavy (non-hydrogen) atoms. The minimum Gasteiger partial charge on any atom is -0.233 e. The van der Waals surface area contributed by atoms with Crippen molar-refractivity contribution in [2.75, 3.05) is 5.75 Å². The highest BCUT2D eigenvalue weighted by Crippen LogP contribution is 2.23. The molecule has 0 fully saturated rings. The second kappa shape index (κ2) is 4.77. The zero-order valence-electron chi connectivity index (χ0n) is 8.50. The highest BCUT2D eigenvalue weighted by Gasteiger charge is 2.08. The summed E-state index contributed by atoms with van der Waals surface area (Å²) in [4.78, 5) is 8.31. The van der Waals surface area contributed by atoms with Crippen molar-refractivity contribution in [1.29, 1.82) is 5.26 Å². The van der Waals surface area contributed by atoms with Gasteiger partial charge < -0.3 is 0 Å². The van der Waals surface area contributed by atoms with E-state index in [0.717, 1.165) is 16.2 Å². The SMILES string of the molecule is C=CCSc1ncnc2c1cnn2CC#N. The minimum absolute atomic E-state index is 0.200. The summed E-state index contributed by atoms with van der Waals surface area (Å²) >= 11 is 1.58. The monoisotopic (exact) mass is 231 g/mol. The van der Waals surface area contributed by atoms with Gasteiger partial charge in [-0.2, -0.15) is 10.4 Å². The second-order valence-corrected chi connectivity index (χ2v) is 3.98. The molecular weight excluding hydrogens is 222 g/mol. The lowest BCUT2D eigenvalue weighted by Crippen LogP contribution is -1.99. The summed E-state index contributed by atoms with van der Waals surface area (Å²) in [6.45, 7) is 3.86. The van der Waals surface area contributed by atoms with Crippen LogP contribution in [0, 0.1) is 11.3 Å². The average Bonchev–Trinajstić information content (AvgIpc) is 2.71. The smallest absolute Gasteiger partial charge is 0.163 e. The van der Waals surface area contributed by atoms with Gasteiger partial charge in [0.15, 0.2) is 5.65 Å². The Labute approximate surface area is 96.8 Å². The standard InChI is InChI=1S/C10H9N5S/c1-2-5-16-10-8-6-14-15(4-3-11)9(8)12-7-13-10/h2,6-7H,1,4-5H2. The number of hydrogen-bond acceptors (Lipinski definition) is 5. The molecule has 0 spiro atoms. The molecule has 0 bridgehead atoms. The van der Waals surface area contributed by atoms with Crippen molar-refractivity contribution in [2.24, 2.45) is 0 Å². The van der Waals surface area contributed by atoms with E-state index in [1.807, 2.05) is 12.1 Å². The molecule has 2 rings (SSSR count). The summed E-state index contributed by atoms with van der Waals surface area (Å²) in [5, 5.41) is 14.5. The van der Waals surface area contributed by atoms with Crippen molar-refractivity contribution in [3.63, 3.8) is 0 Å². The van der Waals surface area contributed by atoms with Crippen LogP contribution < -0.4 is 0 Å². The molecule has 2 aromatic rings. The quantitative estimate of drug-likeness (QED) is 0.454. The molecule has 5 nitrogen and oxygen atoms in total. The fourth-order valence-electron chi connectivity index (χ4n) is 1.31. The van der Waals surface area contributed by atoms with Gasteiger partial charge in [0.2, 0.25) is 0 Å². The largest absolute Gasteiger partial charge is 0.233 e. The van der Waals surface area contributed by atoms with Crippen LogP contribution in [0.25, 0.3) is 11.0 Å². The van der Waals surface area contributed by atoms with Crippen LogP contribution in [0.2, 0.25) is 0 Å². The molecule has 0 amide bonds. The van der Waals surface area contributed by atoms with Crippen LogP contribution in [-0.4, -0.2) is 25.5 Å². The summed E-state index contributed by atoms with van der Waals surface area (Å²) in [7, 11) is 0. The number of nitrogens with zero attached hydrogens (tertiary/aromatic N) is 5. The molecule has 2 heterocycles. The maximum Gasteiger partial charge on any atom is 0.163 e. The van der Waals surface area contributed by atoms with Gasteiger partial charge in [-0.25, -0.2) is 14.6 Å². The number of aromatic nitrogens is 4. The lowest BCUT2D eigenvalue weighted by atomic mass is 10.4. The molecular formula is C10H9N5S. The van der Waals surface area contributed by atoms with E-state index in [1.165, 1.54) is 6.33 Å². The number of nitriles is 1. The maximum atomic E-state index is 8.64. The maximum absolute atomic E-state index is 8.64. The van der Waals surface area contributed by atoms with Crippen LogP contribution in [0.15, 0.2) is 30.2 Å². The first-order valence-corrected chi connectivity index (χ1v) is 5.62. The molecule has 80 valence electrons. The third-order valence-electron chi connectivity index (χ3n) is 1.96. The molecule has 2 aromatic heterocycles. The van der Waals surface area contributed by atoms with E-state index in [2.05, 4.69) is 21.6 Å². The number of hydrogen-bond donors (Lipinski definition) is 0. The Balaban J connectivity index is 2.45. The molecule has 0 N–H and O–H groups in total. The van der Waals surface area contributed by atoms with E-state index < -0.39 is 0 Å². The Kier molecular flexibility index (Phi) is 3.17. The van der Waals surface area contributed by atoms with E-state index in [1.54, 1.807) is 22.6 Å². The summed E-state index contributed by atoms with van der Waals surface area (Å²) in [5.74, 6) is 0.787. The second-order valence-electron chi connectivity index (χ2n) is 2.98. The van der Waals surface area contributed by atoms with E-state index in [4.69, 9.17) is 5.26 Å². The Morgan fingerprint density at radius 2 is 2.44 bits per heavy atom. The van der Waals surface area contributed by atoms with Crippen molar-refractivity contribution >= 4 is 22.8 Å². The molecule has 0 radical (unpaired) electrons. The lowest BCUT2D eigenvalue weighted by Gasteiger charge is -1.99. The van der Waals surface area contributed by atoms with Gasteiger partial charge in [0, 0.05) is 5.75 Å². The third-order valence-corrected chi connectivity index (χ3v) is 2.96. The number of fused-ring (bicyclic) bond motifs is 1. The minimum atomic E-state index is 0.200. The molecule has 0 saturated carbocycles. The van der Waals surface area contributed by atoms with Gasteiger partial charge in [0.05, 0.1) is 17.7 Å². The zero-order valence-corrected chi connectivity index (χ0v) is 9.31. The van der Waals surface area contributed by atoms with E-state index in [-0.39, 0.29) is 6.54 Å². The zero-order chi connectivity index (χ0) is 11.4. The molecule has 0 unspecified atom stereocenters. The van der Waals surface area contributed by atoms with Gasteiger partial charge in [-0.3, -0.25) is 0 Å². The first kappa shape index (κ1) is 10.6. The van der Waals surface area contributed by atoms with E-state index in [9.17, 15) is 0 Å². The van der Waals surface area contributed by atoms with Crippen molar-refractivity contribution < 1.29 is 0 Å². The van der Waals surface area contributed by atoms with Gasteiger partial charge in [0.1, 0.15) is 17.9 Å². The summed E-state index contributed by atoms with van der Waals surface area (Å²) in [6.07, 6.45) is 5.00. The predicted octanol–water partition coefficient (Wildman–Crippen LogP) is 1.63. The highest BCUT2D eigenvalue weighted by molar-refractivity contribution is 7.99. The number of rotatable bonds is 4. The van der Waals surface area contributed by atoms with Crippen LogP contribution in [0.5, 0.6) is 0 Å². The third kappa shape index (κ3) is 1.90. The van der Waals surface area contributed by atoms with Crippen LogP contribution in [0.1, 0.15) is 0 Å². The van der Waals surface area contributed by atoms with Gasteiger partial charge >= 0.3 is 0 Å². The summed E-state index contributed by atoms with van der Waals surface area (Å²) in [5.41, 5.74) is 0.697. The fraction of sp³-hybridized carbons (Fsp3) is 0.200. The Morgan fingerprint density at radius 1 is 1.56 bits per heavy atom. The van der Waals surface area contributed by atoms with E-state index in [0.29, 0.717) is 5.65 Å². The summed E-state index contributed by atoms with van der Waals surface area (Å²) in [6, 6.07) is 2.04. The molecule has 6 heteroatoms. The topological polar surface area (TPSA) is 67.4 Å². The molecule has 0 aliphatic heterocycles. The predicted molar refractivity (Wildman–Crippen MR) is 61.9 cm³/mol. The Morgan fingerprint density at radius 3 is 3.19 bits per heavy atom. The Hall–Kier alpha value is -1.87. The first-order chi connectivity index (χ1) is 7.86. The van der Waals surface area contributed by atoms with Crippen LogP contribution in [-0.2, 0) is 6.54 Å². The lowest BCUT2D eigenvalue weighted by molar-refractivity contribution is 0.726. The summed E-state index contributed by atoms with van der Waals surface area (Å²) < 4.78 is 1.56. The highest BCUT2D eigenvalue weighted by atomic mass is 32.2. The van der Waals surface area contributed by atoms with Crippen LogP contribution in [0.3, 0.4) is 0 Å². The van der Waals surface area contributed by atoms with Crippen molar-refractivity contribution in [3.05, 3.63) is 25.2 Å². The van der Waals surface area contributed by atoms with Crippen LogP contribution in [0.4, 0.5) is 0 Å². The van der Waals surface area contributed by atoms with Gasteiger partial charge in [-0.05, 0) is 0 Å². The van der Waals surface area contributed by atoms with Gasteiger partial charge in [-0.15, -0.1) is 18.3 Å². The first-order valence-electron chi connectivity index (χ1n) is 4.64. The molecule has 0 saturated heterocycles. The molecule has 0 aromatic carbocycles. The van der Waals surface area contributed by atoms with Gasteiger partial charge in [-0.1, -0.05) is 6.08 Å². The number of thioether (sulfide) groups is 1.